The Labute approximate surface area is 181 Å². The van der Waals surface area contributed by atoms with Gasteiger partial charge in [0, 0.05) is 21.2 Å². The van der Waals surface area contributed by atoms with E-state index in [1.165, 1.54) is 34.4 Å². The van der Waals surface area contributed by atoms with E-state index in [1.807, 2.05) is 19.1 Å². The van der Waals surface area contributed by atoms with E-state index in [-0.39, 0.29) is 17.2 Å². The van der Waals surface area contributed by atoms with E-state index in [2.05, 4.69) is 10.3 Å². The predicted octanol–water partition coefficient (Wildman–Crippen LogP) is 4.99. The second-order valence-corrected chi connectivity index (χ2v) is 8.53. The number of benzene rings is 2. The second kappa shape index (κ2) is 7.93. The van der Waals surface area contributed by atoms with Gasteiger partial charge in [-0.25, -0.2) is 4.98 Å². The smallest absolute Gasteiger partial charge is 0.263 e. The molecule has 2 aromatic carbocycles. The molecule has 0 radical (unpaired) electrons. The molecule has 2 heterocycles. The van der Waals surface area contributed by atoms with Crippen molar-refractivity contribution in [2.45, 2.75) is 19.9 Å². The molecule has 4 rings (SSSR count). The standard InChI is InChI=1S/C22H18ClN3O3S/c1-12(20(28)25-16-7-9-17(27)10-8-16)26-11-24-21-19(22(26)29)18(13(2)30-21)14-3-5-15(23)6-4-14/h3-12,27H,1-2H3,(H,25,28). The van der Waals surface area contributed by atoms with Crippen molar-refractivity contribution >= 4 is 44.7 Å². The third-order valence-corrected chi connectivity index (χ3v) is 6.14. The minimum atomic E-state index is -0.776. The Morgan fingerprint density at radius 2 is 1.83 bits per heavy atom. The van der Waals surface area contributed by atoms with Crippen LogP contribution in [0.4, 0.5) is 5.69 Å². The summed E-state index contributed by atoms with van der Waals surface area (Å²) >= 11 is 7.45. The average Bonchev–Trinajstić information content (AvgIpc) is 3.07. The van der Waals surface area contributed by atoms with Crippen molar-refractivity contribution in [2.75, 3.05) is 5.32 Å². The number of amides is 1. The van der Waals surface area contributed by atoms with Gasteiger partial charge in [0.2, 0.25) is 5.91 Å². The number of fused-ring (bicyclic) bond motifs is 1. The van der Waals surface area contributed by atoms with Gasteiger partial charge in [-0.1, -0.05) is 23.7 Å². The summed E-state index contributed by atoms with van der Waals surface area (Å²) in [6.07, 6.45) is 1.41. The number of rotatable bonds is 4. The third kappa shape index (κ3) is 3.69. The molecule has 0 aliphatic carbocycles. The van der Waals surface area contributed by atoms with Crippen molar-refractivity contribution in [1.29, 1.82) is 0 Å². The summed E-state index contributed by atoms with van der Waals surface area (Å²) in [4.78, 5) is 32.1. The molecule has 2 aromatic heterocycles. The van der Waals surface area contributed by atoms with E-state index in [1.54, 1.807) is 31.2 Å². The van der Waals surface area contributed by atoms with Gasteiger partial charge in [0.05, 0.1) is 11.7 Å². The van der Waals surface area contributed by atoms with Crippen LogP contribution in [0.5, 0.6) is 5.75 Å². The van der Waals surface area contributed by atoms with Crippen LogP contribution >= 0.6 is 22.9 Å². The number of nitrogens with one attached hydrogen (secondary N) is 1. The van der Waals surface area contributed by atoms with Gasteiger partial charge in [-0.2, -0.15) is 0 Å². The second-order valence-electron chi connectivity index (χ2n) is 6.89. The molecule has 152 valence electrons. The quantitative estimate of drug-likeness (QED) is 0.438. The number of aryl methyl sites for hydroxylation is 1. The van der Waals surface area contributed by atoms with E-state index in [0.29, 0.717) is 20.9 Å². The largest absolute Gasteiger partial charge is 0.508 e. The predicted molar refractivity (Wildman–Crippen MR) is 121 cm³/mol. The lowest BCUT2D eigenvalue weighted by molar-refractivity contribution is -0.118. The highest BCUT2D eigenvalue weighted by Gasteiger charge is 2.22. The maximum absolute atomic E-state index is 13.3. The van der Waals surface area contributed by atoms with Crippen LogP contribution in [-0.4, -0.2) is 20.6 Å². The number of thiophene rings is 1. The zero-order valence-corrected chi connectivity index (χ0v) is 17.8. The Bertz CT molecular complexity index is 1290. The molecule has 6 nitrogen and oxygen atoms in total. The van der Waals surface area contributed by atoms with Crippen LogP contribution in [0, 0.1) is 6.92 Å². The molecule has 2 N–H and O–H groups in total. The Balaban J connectivity index is 1.74. The zero-order chi connectivity index (χ0) is 21.4. The lowest BCUT2D eigenvalue weighted by Crippen LogP contribution is -2.31. The van der Waals surface area contributed by atoms with Crippen LogP contribution in [0.2, 0.25) is 5.02 Å². The first-order chi connectivity index (χ1) is 14.3. The van der Waals surface area contributed by atoms with E-state index in [0.717, 1.165) is 16.0 Å². The number of carbonyl (C=O) groups excluding carboxylic acids is 1. The highest BCUT2D eigenvalue weighted by molar-refractivity contribution is 7.19. The minimum Gasteiger partial charge on any atom is -0.508 e. The Morgan fingerprint density at radius 1 is 1.17 bits per heavy atom. The molecule has 8 heteroatoms. The highest BCUT2D eigenvalue weighted by atomic mass is 35.5. The summed E-state index contributed by atoms with van der Waals surface area (Å²) in [5, 5.41) is 13.2. The first-order valence-electron chi connectivity index (χ1n) is 9.21. The molecule has 1 unspecified atom stereocenters. The summed E-state index contributed by atoms with van der Waals surface area (Å²) in [5.41, 5.74) is 1.94. The van der Waals surface area contributed by atoms with E-state index in [9.17, 15) is 14.7 Å². The maximum Gasteiger partial charge on any atom is 0.263 e. The fraction of sp³-hybridized carbons (Fsp3) is 0.136. The number of halogens is 1. The summed E-state index contributed by atoms with van der Waals surface area (Å²) in [6.45, 7) is 3.59. The van der Waals surface area contributed by atoms with Crippen molar-refractivity contribution in [3.8, 4) is 16.9 Å². The van der Waals surface area contributed by atoms with Crippen LogP contribution in [0.3, 0.4) is 0 Å². The van der Waals surface area contributed by atoms with Crippen LogP contribution in [0.1, 0.15) is 17.8 Å². The average molecular weight is 440 g/mol. The Kier molecular flexibility index (Phi) is 5.32. The fourth-order valence-electron chi connectivity index (χ4n) is 3.27. The molecule has 4 aromatic rings. The molecule has 0 saturated carbocycles. The summed E-state index contributed by atoms with van der Waals surface area (Å²) in [5.74, 6) is -0.251. The summed E-state index contributed by atoms with van der Waals surface area (Å²) in [7, 11) is 0. The van der Waals surface area contributed by atoms with Gasteiger partial charge in [0.25, 0.3) is 5.56 Å². The van der Waals surface area contributed by atoms with Crippen molar-refractivity contribution in [2.24, 2.45) is 0 Å². The minimum absolute atomic E-state index is 0.106. The molecular weight excluding hydrogens is 422 g/mol. The van der Waals surface area contributed by atoms with Gasteiger partial charge in [-0.3, -0.25) is 14.2 Å². The molecule has 0 aliphatic rings. The molecule has 0 saturated heterocycles. The normalized spacial score (nSPS) is 12.1. The Morgan fingerprint density at radius 3 is 2.50 bits per heavy atom. The molecule has 1 atom stereocenters. The third-order valence-electron chi connectivity index (χ3n) is 4.88. The fourth-order valence-corrected chi connectivity index (χ4v) is 4.40. The Hall–Kier alpha value is -3.16. The molecule has 30 heavy (non-hydrogen) atoms. The van der Waals surface area contributed by atoms with Gasteiger partial charge in [-0.15, -0.1) is 11.3 Å². The highest BCUT2D eigenvalue weighted by Crippen LogP contribution is 2.36. The molecule has 0 spiro atoms. The first kappa shape index (κ1) is 20.1. The van der Waals surface area contributed by atoms with Crippen molar-refractivity contribution in [1.82, 2.24) is 9.55 Å². The van der Waals surface area contributed by atoms with Crippen LogP contribution < -0.4 is 10.9 Å². The van der Waals surface area contributed by atoms with E-state index >= 15 is 0 Å². The maximum atomic E-state index is 13.3. The topological polar surface area (TPSA) is 84.2 Å². The number of phenolic OH excluding ortho intramolecular Hbond substituents is 1. The van der Waals surface area contributed by atoms with Crippen molar-refractivity contribution in [3.05, 3.63) is 75.1 Å². The number of hydrogen-bond donors (Lipinski definition) is 2. The van der Waals surface area contributed by atoms with Crippen molar-refractivity contribution in [3.63, 3.8) is 0 Å². The van der Waals surface area contributed by atoms with Gasteiger partial charge < -0.3 is 10.4 Å². The number of aromatic hydroxyl groups is 1. The molecule has 0 aliphatic heterocycles. The number of nitrogens with zero attached hydrogens (tertiary/aromatic N) is 2. The molecule has 0 fully saturated rings. The van der Waals surface area contributed by atoms with E-state index in [4.69, 9.17) is 11.6 Å². The number of carbonyl (C=O) groups is 1. The lowest BCUT2D eigenvalue weighted by atomic mass is 10.0. The molecular formula is C22H18ClN3O3S. The van der Waals surface area contributed by atoms with Gasteiger partial charge in [0.15, 0.2) is 0 Å². The van der Waals surface area contributed by atoms with E-state index < -0.39 is 6.04 Å². The lowest BCUT2D eigenvalue weighted by Gasteiger charge is -2.15. The monoisotopic (exact) mass is 439 g/mol. The summed E-state index contributed by atoms with van der Waals surface area (Å²) < 4.78 is 1.34. The molecule has 0 bridgehead atoms. The number of phenols is 1. The van der Waals surface area contributed by atoms with Crippen LogP contribution in [-0.2, 0) is 4.79 Å². The number of aromatic nitrogens is 2. The number of hydrogen-bond acceptors (Lipinski definition) is 5. The number of anilines is 1. The van der Waals surface area contributed by atoms with Gasteiger partial charge in [-0.05, 0) is 55.8 Å². The van der Waals surface area contributed by atoms with Crippen LogP contribution in [0.15, 0.2) is 59.7 Å². The zero-order valence-electron chi connectivity index (χ0n) is 16.2. The van der Waals surface area contributed by atoms with Crippen molar-refractivity contribution < 1.29 is 9.90 Å². The SMILES string of the molecule is Cc1sc2ncn(C(C)C(=O)Nc3ccc(O)cc3)c(=O)c2c1-c1ccc(Cl)cc1. The summed E-state index contributed by atoms with van der Waals surface area (Å²) in [6, 6.07) is 12.7. The first-order valence-corrected chi connectivity index (χ1v) is 10.4. The van der Waals surface area contributed by atoms with Gasteiger partial charge in [0.1, 0.15) is 16.6 Å². The van der Waals surface area contributed by atoms with Gasteiger partial charge >= 0.3 is 0 Å². The van der Waals surface area contributed by atoms with Crippen LogP contribution in [0.25, 0.3) is 21.3 Å². The molecule has 1 amide bonds.